The average Bonchev–Trinajstić information content (AvgIpc) is 2.46. The molecule has 0 saturated carbocycles. The summed E-state index contributed by atoms with van der Waals surface area (Å²) in [7, 11) is 2.11. The number of anilines is 1. The standard InChI is InChI=1S/C18H20N2/c1-15-5-3-7-18(13-15)20(2)14-17-10-8-16(9-11-17)6-4-12-19/h3,5,7-11,13H,12,14,19H2,1-2H3. The van der Waals surface area contributed by atoms with E-state index in [0.29, 0.717) is 6.54 Å². The zero-order valence-electron chi connectivity index (χ0n) is 12.1. The molecule has 2 nitrogen and oxygen atoms in total. The third-order valence-electron chi connectivity index (χ3n) is 3.15. The Morgan fingerprint density at radius 1 is 1.10 bits per heavy atom. The summed E-state index contributed by atoms with van der Waals surface area (Å²) in [5.74, 6) is 5.90. The monoisotopic (exact) mass is 264 g/mol. The highest BCUT2D eigenvalue weighted by Gasteiger charge is 2.02. The zero-order chi connectivity index (χ0) is 14.4. The van der Waals surface area contributed by atoms with Crippen LogP contribution in [0.25, 0.3) is 0 Å². The van der Waals surface area contributed by atoms with E-state index in [0.717, 1.165) is 12.1 Å². The first-order valence-corrected chi connectivity index (χ1v) is 6.75. The molecule has 0 saturated heterocycles. The van der Waals surface area contributed by atoms with E-state index in [1.165, 1.54) is 16.8 Å². The molecule has 2 heteroatoms. The van der Waals surface area contributed by atoms with E-state index in [9.17, 15) is 0 Å². The average molecular weight is 264 g/mol. The summed E-state index contributed by atoms with van der Waals surface area (Å²) in [4.78, 5) is 2.24. The van der Waals surface area contributed by atoms with Crippen LogP contribution < -0.4 is 10.6 Å². The molecule has 0 fully saturated rings. The summed E-state index contributed by atoms with van der Waals surface area (Å²) in [5.41, 5.74) is 10.2. The van der Waals surface area contributed by atoms with Crippen LogP contribution in [-0.4, -0.2) is 13.6 Å². The van der Waals surface area contributed by atoms with Crippen molar-refractivity contribution in [2.45, 2.75) is 13.5 Å². The van der Waals surface area contributed by atoms with E-state index in [4.69, 9.17) is 5.73 Å². The molecule has 0 aromatic heterocycles. The number of rotatable bonds is 3. The minimum atomic E-state index is 0.401. The van der Waals surface area contributed by atoms with Gasteiger partial charge < -0.3 is 10.6 Å². The Balaban J connectivity index is 2.06. The molecular formula is C18H20N2. The van der Waals surface area contributed by atoms with E-state index in [-0.39, 0.29) is 0 Å². The molecule has 0 atom stereocenters. The largest absolute Gasteiger partial charge is 0.370 e. The lowest BCUT2D eigenvalue weighted by Crippen LogP contribution is -2.16. The number of hydrogen-bond acceptors (Lipinski definition) is 2. The molecule has 0 aliphatic rings. The lowest BCUT2D eigenvalue weighted by atomic mass is 10.1. The fraction of sp³-hybridized carbons (Fsp3) is 0.222. The van der Waals surface area contributed by atoms with Gasteiger partial charge in [-0.2, -0.15) is 0 Å². The van der Waals surface area contributed by atoms with Crippen LogP contribution in [0.15, 0.2) is 48.5 Å². The Morgan fingerprint density at radius 3 is 2.50 bits per heavy atom. The highest BCUT2D eigenvalue weighted by Crippen LogP contribution is 2.17. The van der Waals surface area contributed by atoms with Gasteiger partial charge in [-0.05, 0) is 42.3 Å². The third kappa shape index (κ3) is 3.88. The van der Waals surface area contributed by atoms with Crippen molar-refractivity contribution in [2.24, 2.45) is 5.73 Å². The van der Waals surface area contributed by atoms with Crippen LogP contribution in [-0.2, 0) is 6.54 Å². The molecule has 0 aliphatic heterocycles. The number of benzene rings is 2. The van der Waals surface area contributed by atoms with Gasteiger partial charge in [-0.25, -0.2) is 0 Å². The predicted molar refractivity (Wildman–Crippen MR) is 85.7 cm³/mol. The summed E-state index contributed by atoms with van der Waals surface area (Å²) in [6, 6.07) is 16.9. The van der Waals surface area contributed by atoms with Crippen molar-refractivity contribution in [1.29, 1.82) is 0 Å². The second-order valence-electron chi connectivity index (χ2n) is 4.90. The minimum absolute atomic E-state index is 0.401. The number of nitrogens with two attached hydrogens (primary N) is 1. The summed E-state index contributed by atoms with van der Waals surface area (Å²) in [6.07, 6.45) is 0. The maximum Gasteiger partial charge on any atom is 0.0555 e. The molecule has 2 N–H and O–H groups in total. The number of aryl methyl sites for hydroxylation is 1. The van der Waals surface area contributed by atoms with Crippen molar-refractivity contribution < 1.29 is 0 Å². The molecule has 0 unspecified atom stereocenters. The zero-order valence-corrected chi connectivity index (χ0v) is 12.1. The van der Waals surface area contributed by atoms with Gasteiger partial charge in [0.25, 0.3) is 0 Å². The van der Waals surface area contributed by atoms with Crippen LogP contribution in [0.2, 0.25) is 0 Å². The Hall–Kier alpha value is -2.24. The van der Waals surface area contributed by atoms with Crippen LogP contribution in [0.3, 0.4) is 0 Å². The van der Waals surface area contributed by atoms with E-state index in [1.54, 1.807) is 0 Å². The van der Waals surface area contributed by atoms with Crippen LogP contribution in [0, 0.1) is 18.8 Å². The van der Waals surface area contributed by atoms with Crippen molar-refractivity contribution in [1.82, 2.24) is 0 Å². The van der Waals surface area contributed by atoms with Gasteiger partial charge in [0, 0.05) is 24.8 Å². The summed E-state index contributed by atoms with van der Waals surface area (Å²) < 4.78 is 0. The van der Waals surface area contributed by atoms with Gasteiger partial charge >= 0.3 is 0 Å². The Morgan fingerprint density at radius 2 is 1.85 bits per heavy atom. The molecule has 2 aromatic rings. The van der Waals surface area contributed by atoms with Gasteiger partial charge in [-0.1, -0.05) is 36.1 Å². The van der Waals surface area contributed by atoms with Crippen LogP contribution in [0.4, 0.5) is 5.69 Å². The molecule has 20 heavy (non-hydrogen) atoms. The first kappa shape index (κ1) is 14.2. The van der Waals surface area contributed by atoms with E-state index in [2.05, 4.69) is 67.1 Å². The molecule has 2 rings (SSSR count). The second kappa shape index (κ2) is 6.79. The first-order valence-electron chi connectivity index (χ1n) is 6.75. The van der Waals surface area contributed by atoms with Gasteiger partial charge in [0.1, 0.15) is 0 Å². The van der Waals surface area contributed by atoms with Gasteiger partial charge in [0.2, 0.25) is 0 Å². The van der Waals surface area contributed by atoms with Gasteiger partial charge in [-0.15, -0.1) is 0 Å². The Kier molecular flexibility index (Phi) is 4.81. The highest BCUT2D eigenvalue weighted by atomic mass is 15.1. The molecule has 102 valence electrons. The van der Waals surface area contributed by atoms with E-state index < -0.39 is 0 Å². The van der Waals surface area contributed by atoms with Crippen molar-refractivity contribution in [3.63, 3.8) is 0 Å². The first-order chi connectivity index (χ1) is 9.69. The normalized spacial score (nSPS) is 9.75. The minimum Gasteiger partial charge on any atom is -0.370 e. The fourth-order valence-electron chi connectivity index (χ4n) is 2.08. The molecule has 0 spiro atoms. The number of hydrogen-bond donors (Lipinski definition) is 1. The Bertz CT molecular complexity index is 618. The predicted octanol–water partition coefficient (Wildman–Crippen LogP) is 2.94. The summed E-state index contributed by atoms with van der Waals surface area (Å²) in [5, 5.41) is 0. The molecule has 0 radical (unpaired) electrons. The molecule has 0 aliphatic carbocycles. The molecule has 2 aromatic carbocycles. The lowest BCUT2D eigenvalue weighted by molar-refractivity contribution is 0.922. The quantitative estimate of drug-likeness (QED) is 0.864. The fourth-order valence-corrected chi connectivity index (χ4v) is 2.08. The van der Waals surface area contributed by atoms with Gasteiger partial charge in [-0.3, -0.25) is 0 Å². The summed E-state index contributed by atoms with van der Waals surface area (Å²) >= 11 is 0. The van der Waals surface area contributed by atoms with Gasteiger partial charge in [0.05, 0.1) is 6.54 Å². The SMILES string of the molecule is Cc1cccc(N(C)Cc2ccc(C#CCN)cc2)c1. The van der Waals surface area contributed by atoms with Crippen molar-refractivity contribution in [3.05, 3.63) is 65.2 Å². The van der Waals surface area contributed by atoms with Crippen LogP contribution in [0.1, 0.15) is 16.7 Å². The molecule has 0 amide bonds. The van der Waals surface area contributed by atoms with Crippen LogP contribution in [0.5, 0.6) is 0 Å². The van der Waals surface area contributed by atoms with Crippen molar-refractivity contribution in [2.75, 3.05) is 18.5 Å². The molecule has 0 bridgehead atoms. The third-order valence-corrected chi connectivity index (χ3v) is 3.15. The maximum atomic E-state index is 5.37. The number of nitrogens with zero attached hydrogens (tertiary/aromatic N) is 1. The molecule has 0 heterocycles. The van der Waals surface area contributed by atoms with Gasteiger partial charge in [0.15, 0.2) is 0 Å². The van der Waals surface area contributed by atoms with Crippen LogP contribution >= 0.6 is 0 Å². The van der Waals surface area contributed by atoms with E-state index >= 15 is 0 Å². The summed E-state index contributed by atoms with van der Waals surface area (Å²) in [6.45, 7) is 3.40. The second-order valence-corrected chi connectivity index (χ2v) is 4.90. The smallest absolute Gasteiger partial charge is 0.0555 e. The maximum absolute atomic E-state index is 5.37. The van der Waals surface area contributed by atoms with Crippen molar-refractivity contribution >= 4 is 5.69 Å². The lowest BCUT2D eigenvalue weighted by Gasteiger charge is -2.20. The highest BCUT2D eigenvalue weighted by molar-refractivity contribution is 5.48. The van der Waals surface area contributed by atoms with Crippen molar-refractivity contribution in [3.8, 4) is 11.8 Å². The molecular weight excluding hydrogens is 244 g/mol. The Labute approximate surface area is 121 Å². The topological polar surface area (TPSA) is 29.3 Å². The van der Waals surface area contributed by atoms with E-state index in [1.807, 2.05) is 12.1 Å².